The van der Waals surface area contributed by atoms with Crippen LogP contribution in [0.4, 0.5) is 0 Å². The molecule has 0 aromatic heterocycles. The first kappa shape index (κ1) is 48.6. The van der Waals surface area contributed by atoms with Crippen LogP contribution < -0.4 is 0 Å². The maximum atomic E-state index is 11.6. The molecule has 2 rings (SSSR count). The van der Waals surface area contributed by atoms with Crippen molar-refractivity contribution in [3.8, 4) is 11.8 Å². The van der Waals surface area contributed by atoms with Crippen molar-refractivity contribution in [3.63, 3.8) is 0 Å². The number of alkyl halides is 1. The van der Waals surface area contributed by atoms with Crippen LogP contribution >= 0.6 is 15.9 Å². The molecule has 1 aromatic carbocycles. The number of methoxy groups -OCH3 is 1. The second kappa shape index (κ2) is 44.0. The predicted molar refractivity (Wildman–Crippen MR) is 102 cm³/mol. The summed E-state index contributed by atoms with van der Waals surface area (Å²) in [5.41, 5.74) is 1.03. The normalized spacial score (nSPS) is 13.8. The number of carbonyl (C=O) groups excluding carboxylic acids is 1. The smallest absolute Gasteiger partial charge is 0 e. The van der Waals surface area contributed by atoms with Crippen LogP contribution in [-0.2, 0) is 71.0 Å². The third-order valence-corrected chi connectivity index (χ3v) is 4.60. The summed E-state index contributed by atoms with van der Waals surface area (Å²) < 4.78 is 49.8. The third-order valence-electron chi connectivity index (χ3n) is 3.55. The number of esters is 1. The van der Waals surface area contributed by atoms with E-state index in [1.54, 1.807) is 0 Å². The van der Waals surface area contributed by atoms with Crippen molar-refractivity contribution < 1.29 is 71.0 Å². The molecule has 3 atom stereocenters. The molecule has 1 fully saturated rings. The third kappa shape index (κ3) is 24.7. The van der Waals surface area contributed by atoms with Gasteiger partial charge in [-0.2, -0.15) is 0 Å². The Morgan fingerprint density at radius 3 is 1.73 bits per heavy atom. The van der Waals surface area contributed by atoms with Crippen molar-refractivity contribution in [2.45, 2.75) is 24.1 Å². The molecule has 0 aliphatic heterocycles. The van der Waals surface area contributed by atoms with Gasteiger partial charge in [-0.3, -0.25) is 4.79 Å². The molecule has 2 radical (unpaired) electrons. The van der Waals surface area contributed by atoms with Crippen LogP contribution in [0.2, 0.25) is 0 Å². The summed E-state index contributed by atoms with van der Waals surface area (Å²) in [4.78, 5) is 11.4. The number of halogens is 1. The molecular weight excluding hydrogens is 590 g/mol. The Hall–Kier alpha value is -1.82. The Labute approximate surface area is 222 Å². The average molecular weight is 607 g/mol. The van der Waals surface area contributed by atoms with Gasteiger partial charge >= 0.3 is 73.8 Å². The first-order valence-electron chi connectivity index (χ1n) is 7.73. The molecule has 8 nitrogen and oxygen atoms in total. The molecule has 1 aliphatic rings. The quantitative estimate of drug-likeness (QED) is 0.167. The van der Waals surface area contributed by atoms with Gasteiger partial charge in [0.2, 0.25) is 0 Å². The minimum atomic E-state index is -0.241. The van der Waals surface area contributed by atoms with Crippen molar-refractivity contribution in [2.24, 2.45) is 11.8 Å². The van der Waals surface area contributed by atoms with Gasteiger partial charge in [0.25, 0.3) is 0 Å². The van der Waals surface area contributed by atoms with Crippen LogP contribution in [-0.4, -0.2) is 17.9 Å². The van der Waals surface area contributed by atoms with E-state index in [0.29, 0.717) is 0 Å². The van der Waals surface area contributed by atoms with E-state index in [9.17, 15) is 4.79 Å². The summed E-state index contributed by atoms with van der Waals surface area (Å²) in [6, 6.07) is 9.96. The predicted octanol–water partition coefficient (Wildman–Crippen LogP) is 3.16. The molecule has 178 valence electrons. The second-order valence-corrected chi connectivity index (χ2v) is 5.75. The molecule has 0 heterocycles. The zero-order valence-corrected chi connectivity index (χ0v) is 20.7. The Kier molecular flexibility index (Phi) is 64.7. The van der Waals surface area contributed by atoms with Crippen LogP contribution in [0.5, 0.6) is 0 Å². The molecule has 0 bridgehead atoms. The van der Waals surface area contributed by atoms with E-state index in [1.807, 2.05) is 30.3 Å². The van der Waals surface area contributed by atoms with Crippen molar-refractivity contribution in [1.82, 2.24) is 0 Å². The van der Waals surface area contributed by atoms with Gasteiger partial charge in [-0.05, 0) is 30.9 Å². The first-order valence-corrected chi connectivity index (χ1v) is 8.65. The standard InChI is InChI=1S/C16H17BrO2.6CO.2Co/c1-19-16(18)15(17)14-9-5-8-13(14)11-10-12-6-3-2-4-7-12;6*1-2;;/h2-4,6-7,13-15H,5,8-9H2,1H3;;;;;;;;/t13-,14+,15?;;;;;;;;/m0......../s1. The van der Waals surface area contributed by atoms with Crippen molar-refractivity contribution in [2.75, 3.05) is 7.11 Å². The summed E-state index contributed by atoms with van der Waals surface area (Å²) in [5, 5.41) is 0. The van der Waals surface area contributed by atoms with Gasteiger partial charge in [-0.15, -0.1) is 0 Å². The first-order chi connectivity index (χ1) is 15.2. The van der Waals surface area contributed by atoms with E-state index < -0.39 is 0 Å². The van der Waals surface area contributed by atoms with Gasteiger partial charge in [0, 0.05) is 45.0 Å². The zero-order valence-electron chi connectivity index (χ0n) is 17.1. The van der Waals surface area contributed by atoms with Gasteiger partial charge in [0.05, 0.1) is 7.11 Å². The summed E-state index contributed by atoms with van der Waals surface area (Å²) >= 11 is 3.45. The fourth-order valence-electron chi connectivity index (χ4n) is 2.50. The fraction of sp³-hybridized carbons (Fsp3) is 0.318. The zero-order chi connectivity index (χ0) is 25.7. The van der Waals surface area contributed by atoms with Gasteiger partial charge in [0.1, 0.15) is 4.83 Å². The number of benzene rings is 1. The van der Waals surface area contributed by atoms with E-state index in [4.69, 9.17) is 32.6 Å². The molecule has 0 saturated heterocycles. The molecule has 1 unspecified atom stereocenters. The molecule has 0 amide bonds. The molecule has 0 spiro atoms. The SMILES string of the molecule is COC(=O)C(Br)[C@@H]1CCC[C@H]1C#Cc1ccccc1.[C-]#[O+].[C-]#[O+].[C-]#[O+].[C-]#[O+].[C-]#[O+].[C-]#[O+].[Co].[Co]. The van der Waals surface area contributed by atoms with Gasteiger partial charge in [-0.1, -0.05) is 52.4 Å². The van der Waals surface area contributed by atoms with Crippen LogP contribution in [0.15, 0.2) is 30.3 Å². The molecule has 0 N–H and O–H groups in total. The second-order valence-electron chi connectivity index (χ2n) is 4.76. The molecular formula is C22H17BrCo2O8. The topological polar surface area (TPSA) is 146 Å². The number of hydrogen-bond acceptors (Lipinski definition) is 2. The Balaban J connectivity index is -0.0000000844. The van der Waals surface area contributed by atoms with E-state index >= 15 is 0 Å². The number of ether oxygens (including phenoxy) is 1. The van der Waals surface area contributed by atoms with Gasteiger partial charge < -0.3 is 4.74 Å². The van der Waals surface area contributed by atoms with Crippen molar-refractivity contribution in [1.29, 1.82) is 0 Å². The van der Waals surface area contributed by atoms with E-state index in [-0.39, 0.29) is 56.2 Å². The monoisotopic (exact) mass is 606 g/mol. The molecule has 1 aromatic rings. The molecule has 1 saturated carbocycles. The van der Waals surface area contributed by atoms with Gasteiger partial charge in [-0.25, -0.2) is 0 Å². The van der Waals surface area contributed by atoms with Crippen LogP contribution in [0, 0.1) is 63.6 Å². The van der Waals surface area contributed by atoms with Crippen molar-refractivity contribution >= 4 is 21.9 Å². The largest absolute Gasteiger partial charge is 0 e. The maximum Gasteiger partial charge on any atom is 0 e. The van der Waals surface area contributed by atoms with Crippen LogP contribution in [0.3, 0.4) is 0 Å². The summed E-state index contributed by atoms with van der Waals surface area (Å²) in [6.07, 6.45) is 3.21. The number of rotatable bonds is 2. The Morgan fingerprint density at radius 1 is 0.909 bits per heavy atom. The molecule has 11 heteroatoms. The van der Waals surface area contributed by atoms with E-state index in [1.165, 1.54) is 7.11 Å². The summed E-state index contributed by atoms with van der Waals surface area (Å²) in [7, 11) is 1.43. The van der Waals surface area contributed by atoms with E-state index in [2.05, 4.69) is 67.7 Å². The summed E-state index contributed by atoms with van der Waals surface area (Å²) in [6.45, 7) is 27.0. The van der Waals surface area contributed by atoms with Crippen LogP contribution in [0.1, 0.15) is 24.8 Å². The van der Waals surface area contributed by atoms with Crippen molar-refractivity contribution in [3.05, 3.63) is 75.8 Å². The molecule has 33 heavy (non-hydrogen) atoms. The minimum absolute atomic E-state index is 0. The van der Waals surface area contributed by atoms with Crippen LogP contribution in [0.25, 0.3) is 0 Å². The molecule has 1 aliphatic carbocycles. The number of carbonyl (C=O) groups is 1. The Morgan fingerprint density at radius 2 is 1.33 bits per heavy atom. The van der Waals surface area contributed by atoms with Gasteiger partial charge in [0.15, 0.2) is 0 Å². The average Bonchev–Trinajstić information content (AvgIpc) is 3.38. The summed E-state index contributed by atoms with van der Waals surface area (Å²) in [5.74, 6) is 6.85. The minimum Gasteiger partial charge on any atom is 0 e. The number of hydrogen-bond donors (Lipinski definition) is 0. The Bertz CT molecular complexity index is 700. The maximum absolute atomic E-state index is 11.6. The fourth-order valence-corrected chi connectivity index (χ4v) is 3.32. The van der Waals surface area contributed by atoms with E-state index in [0.717, 1.165) is 24.8 Å².